The molecule has 3 N–H and O–H groups in total. The predicted octanol–water partition coefficient (Wildman–Crippen LogP) is 4.42. The molecule has 0 spiro atoms. The van der Waals surface area contributed by atoms with Gasteiger partial charge < -0.3 is 25.4 Å². The highest BCUT2D eigenvalue weighted by atomic mass is 32.2. The van der Waals surface area contributed by atoms with E-state index in [4.69, 9.17) is 24.8 Å². The molecule has 1 saturated carbocycles. The summed E-state index contributed by atoms with van der Waals surface area (Å²) in [5.41, 5.74) is 3.63. The Hall–Kier alpha value is -2.73. The lowest BCUT2D eigenvalue weighted by Gasteiger charge is -2.40. The predicted molar refractivity (Wildman–Crippen MR) is 147 cm³/mol. The van der Waals surface area contributed by atoms with E-state index in [9.17, 15) is 4.79 Å². The van der Waals surface area contributed by atoms with Crippen molar-refractivity contribution in [3.05, 3.63) is 47.1 Å². The molecule has 1 aliphatic carbocycles. The number of aromatic nitrogens is 3. The molecule has 196 valence electrons. The molecule has 0 radical (unpaired) electrons. The first-order valence-corrected chi connectivity index (χ1v) is 14.3. The minimum atomic E-state index is -0.358. The van der Waals surface area contributed by atoms with Crippen LogP contribution >= 0.6 is 23.1 Å². The monoisotopic (exact) mass is 540 g/mol. The van der Waals surface area contributed by atoms with Crippen LogP contribution in [0.2, 0.25) is 0 Å². The van der Waals surface area contributed by atoms with Gasteiger partial charge in [0.25, 0.3) is 0 Å². The average molecular weight is 541 g/mol. The number of nitrogens with zero attached hydrogens (tertiary/aromatic N) is 4. The molecule has 11 heteroatoms. The quantitative estimate of drug-likeness (QED) is 0.385. The van der Waals surface area contributed by atoms with Gasteiger partial charge in [-0.25, -0.2) is 19.7 Å². The number of carbonyl (C=O) groups is 1. The molecule has 1 atom stereocenters. The maximum atomic E-state index is 12.1. The summed E-state index contributed by atoms with van der Waals surface area (Å²) in [6.07, 6.45) is 3.28. The van der Waals surface area contributed by atoms with Crippen molar-refractivity contribution in [1.29, 1.82) is 0 Å². The van der Waals surface area contributed by atoms with Gasteiger partial charge in [-0.1, -0.05) is 11.8 Å². The third-order valence-corrected chi connectivity index (χ3v) is 9.17. The van der Waals surface area contributed by atoms with Crippen molar-refractivity contribution in [3.8, 4) is 11.4 Å². The van der Waals surface area contributed by atoms with Crippen LogP contribution < -0.4 is 15.5 Å². The summed E-state index contributed by atoms with van der Waals surface area (Å²) in [6, 6.07) is 9.02. The summed E-state index contributed by atoms with van der Waals surface area (Å²) in [6.45, 7) is 6.62. The zero-order chi connectivity index (χ0) is 25.8. The summed E-state index contributed by atoms with van der Waals surface area (Å²) < 4.78 is 6.55. The molecule has 2 fully saturated rings. The number of aliphatic hydroxyl groups excluding tert-OH is 1. The number of anilines is 2. The van der Waals surface area contributed by atoms with Gasteiger partial charge >= 0.3 is 6.03 Å². The van der Waals surface area contributed by atoms with Crippen molar-refractivity contribution in [1.82, 2.24) is 20.3 Å². The number of urea groups is 1. The standard InChI is InChI=1S/C26H32N6O3S2/c1-17(15-33)27-24(34)29-20-6-4-19(5-7-20)23-30-21(14-22(31-23)32-10-12-35-13-11-32)26(8-3-9-26)37-25-28-18(2)16-36-25/h4-7,14,16-17,33H,3,8-13,15H2,1-2H3,(H2,27,29,34)/t17-/m1/s1. The van der Waals surface area contributed by atoms with E-state index >= 15 is 0 Å². The van der Waals surface area contributed by atoms with Crippen LogP contribution in [-0.2, 0) is 9.48 Å². The fraction of sp³-hybridized carbons (Fsp3) is 0.462. The summed E-state index contributed by atoms with van der Waals surface area (Å²) in [5.74, 6) is 1.59. The molecule has 2 aliphatic rings. The Bertz CT molecular complexity index is 1230. The molecule has 5 rings (SSSR count). The summed E-state index contributed by atoms with van der Waals surface area (Å²) in [5, 5.41) is 16.7. The topological polar surface area (TPSA) is 112 Å². The van der Waals surface area contributed by atoms with Gasteiger partial charge in [0.05, 0.1) is 36.3 Å². The van der Waals surface area contributed by atoms with E-state index in [1.165, 1.54) is 6.42 Å². The minimum Gasteiger partial charge on any atom is -0.394 e. The first-order chi connectivity index (χ1) is 17.9. The lowest BCUT2D eigenvalue weighted by Crippen LogP contribution is -2.38. The zero-order valence-corrected chi connectivity index (χ0v) is 22.7. The molecule has 9 nitrogen and oxygen atoms in total. The number of ether oxygens (including phenoxy) is 1. The largest absolute Gasteiger partial charge is 0.394 e. The second-order valence-electron chi connectivity index (χ2n) is 9.50. The van der Waals surface area contributed by atoms with E-state index in [0.29, 0.717) is 24.7 Å². The van der Waals surface area contributed by atoms with Crippen LogP contribution in [0.4, 0.5) is 16.3 Å². The minimum absolute atomic E-state index is 0.105. The summed E-state index contributed by atoms with van der Waals surface area (Å²) >= 11 is 3.52. The van der Waals surface area contributed by atoms with E-state index in [0.717, 1.165) is 53.0 Å². The van der Waals surface area contributed by atoms with Gasteiger partial charge in [0, 0.05) is 41.5 Å². The molecule has 2 aromatic heterocycles. The molecule has 0 bridgehead atoms. The first kappa shape index (κ1) is 25.9. The fourth-order valence-corrected chi connectivity index (χ4v) is 6.91. The van der Waals surface area contributed by atoms with Crippen LogP contribution in [0.25, 0.3) is 11.4 Å². The Morgan fingerprint density at radius 1 is 1.22 bits per heavy atom. The summed E-state index contributed by atoms with van der Waals surface area (Å²) in [4.78, 5) is 29.2. The molecule has 2 amide bonds. The van der Waals surface area contributed by atoms with Crippen molar-refractivity contribution in [2.24, 2.45) is 0 Å². The third kappa shape index (κ3) is 6.06. The summed E-state index contributed by atoms with van der Waals surface area (Å²) in [7, 11) is 0. The van der Waals surface area contributed by atoms with Crippen molar-refractivity contribution >= 4 is 40.6 Å². The highest BCUT2D eigenvalue weighted by molar-refractivity contribution is 8.01. The number of benzene rings is 1. The van der Waals surface area contributed by atoms with E-state index < -0.39 is 0 Å². The number of carbonyl (C=O) groups excluding carboxylic acids is 1. The maximum Gasteiger partial charge on any atom is 0.319 e. The molecule has 3 heterocycles. The number of thioether (sulfide) groups is 1. The Morgan fingerprint density at radius 2 is 1.97 bits per heavy atom. The van der Waals surface area contributed by atoms with Crippen LogP contribution in [0.3, 0.4) is 0 Å². The lowest BCUT2D eigenvalue weighted by molar-refractivity contribution is 0.122. The number of rotatable bonds is 8. The number of morpholine rings is 1. The number of aryl methyl sites for hydroxylation is 1. The molecular formula is C26H32N6O3S2. The van der Waals surface area contributed by atoms with Crippen molar-refractivity contribution in [2.45, 2.75) is 48.2 Å². The van der Waals surface area contributed by atoms with E-state index in [1.807, 2.05) is 43.0 Å². The van der Waals surface area contributed by atoms with Gasteiger partial charge in [-0.05, 0) is 57.4 Å². The highest BCUT2D eigenvalue weighted by Gasteiger charge is 2.43. The Balaban J connectivity index is 1.44. The van der Waals surface area contributed by atoms with Crippen molar-refractivity contribution in [2.75, 3.05) is 43.1 Å². The van der Waals surface area contributed by atoms with Gasteiger partial charge in [-0.2, -0.15) is 0 Å². The third-order valence-electron chi connectivity index (χ3n) is 6.61. The van der Waals surface area contributed by atoms with Gasteiger partial charge in [-0.15, -0.1) is 11.3 Å². The zero-order valence-electron chi connectivity index (χ0n) is 21.1. The van der Waals surface area contributed by atoms with E-state index in [2.05, 4.69) is 27.0 Å². The number of hydrogen-bond donors (Lipinski definition) is 3. The van der Waals surface area contributed by atoms with Gasteiger partial charge in [-0.3, -0.25) is 0 Å². The molecule has 1 aliphatic heterocycles. The molecular weight excluding hydrogens is 508 g/mol. The second-order valence-corrected chi connectivity index (χ2v) is 12.0. The molecule has 3 aromatic rings. The Morgan fingerprint density at radius 3 is 2.59 bits per heavy atom. The molecule has 37 heavy (non-hydrogen) atoms. The Labute approximate surface area is 225 Å². The smallest absolute Gasteiger partial charge is 0.319 e. The highest BCUT2D eigenvalue weighted by Crippen LogP contribution is 2.55. The van der Waals surface area contributed by atoms with Gasteiger partial charge in [0.2, 0.25) is 0 Å². The lowest BCUT2D eigenvalue weighted by atomic mass is 9.81. The van der Waals surface area contributed by atoms with Crippen LogP contribution in [0.1, 0.15) is 37.6 Å². The number of nitrogens with one attached hydrogen (secondary N) is 2. The first-order valence-electron chi connectivity index (χ1n) is 12.6. The van der Waals surface area contributed by atoms with E-state index in [-0.39, 0.29) is 23.4 Å². The average Bonchev–Trinajstić information content (AvgIpc) is 3.31. The van der Waals surface area contributed by atoms with Crippen molar-refractivity contribution < 1.29 is 14.6 Å². The van der Waals surface area contributed by atoms with Crippen LogP contribution in [0.15, 0.2) is 40.1 Å². The normalized spacial score (nSPS) is 17.6. The van der Waals surface area contributed by atoms with Crippen molar-refractivity contribution in [3.63, 3.8) is 0 Å². The van der Waals surface area contributed by atoms with Crippen LogP contribution in [0, 0.1) is 6.92 Å². The maximum absolute atomic E-state index is 12.1. The van der Waals surface area contributed by atoms with Gasteiger partial charge in [0.15, 0.2) is 10.2 Å². The molecule has 0 unspecified atom stereocenters. The van der Waals surface area contributed by atoms with Crippen LogP contribution in [-0.4, -0.2) is 65.0 Å². The van der Waals surface area contributed by atoms with Crippen LogP contribution in [0.5, 0.6) is 0 Å². The number of amides is 2. The number of aliphatic hydroxyl groups is 1. The SMILES string of the molecule is Cc1csc(SC2(c3cc(N4CCOCC4)nc(-c4ccc(NC(=O)N[C@H](C)CO)cc4)n3)CCC2)n1. The second kappa shape index (κ2) is 11.3. The Kier molecular flexibility index (Phi) is 7.94. The van der Waals surface area contributed by atoms with E-state index in [1.54, 1.807) is 18.3 Å². The number of hydrogen-bond acceptors (Lipinski definition) is 9. The fourth-order valence-electron chi connectivity index (χ4n) is 4.35. The molecule has 1 saturated heterocycles. The number of thiazole rings is 1. The van der Waals surface area contributed by atoms with Gasteiger partial charge in [0.1, 0.15) is 5.82 Å². The molecule has 1 aromatic carbocycles.